The van der Waals surface area contributed by atoms with Crippen molar-refractivity contribution in [2.75, 3.05) is 5.32 Å². The van der Waals surface area contributed by atoms with Crippen molar-refractivity contribution in [1.29, 1.82) is 0 Å². The molecule has 0 aliphatic rings. The summed E-state index contributed by atoms with van der Waals surface area (Å²) >= 11 is 12.1. The van der Waals surface area contributed by atoms with Crippen LogP contribution in [0.5, 0.6) is 0 Å². The zero-order valence-electron chi connectivity index (χ0n) is 12.1. The number of rotatable bonds is 5. The number of hydrogen-bond donors (Lipinski definition) is 1. The number of nitrogens with zero attached hydrogens (tertiary/aromatic N) is 2. The van der Waals surface area contributed by atoms with E-state index in [4.69, 9.17) is 23.2 Å². The van der Waals surface area contributed by atoms with Crippen LogP contribution >= 0.6 is 23.2 Å². The SMILES string of the molecule is FCc1ccc(CNc2ccn(-c3ccc(Cl)cc3Cl)n2)cc1. The third-order valence-corrected chi connectivity index (χ3v) is 3.93. The number of anilines is 1. The maximum atomic E-state index is 12.5. The molecule has 1 aromatic heterocycles. The summed E-state index contributed by atoms with van der Waals surface area (Å²) in [5, 5.41) is 8.78. The van der Waals surface area contributed by atoms with E-state index in [0.717, 1.165) is 17.1 Å². The normalized spacial score (nSPS) is 10.7. The van der Waals surface area contributed by atoms with E-state index < -0.39 is 6.67 Å². The van der Waals surface area contributed by atoms with Crippen molar-refractivity contribution in [3.63, 3.8) is 0 Å². The maximum absolute atomic E-state index is 12.5. The average molecular weight is 350 g/mol. The summed E-state index contributed by atoms with van der Waals surface area (Å²) in [5.41, 5.74) is 2.49. The van der Waals surface area contributed by atoms with Crippen LogP contribution in [0.3, 0.4) is 0 Å². The molecule has 1 N–H and O–H groups in total. The second-order valence-electron chi connectivity index (χ2n) is 5.04. The van der Waals surface area contributed by atoms with Gasteiger partial charge in [-0.05, 0) is 29.3 Å². The molecule has 0 radical (unpaired) electrons. The van der Waals surface area contributed by atoms with Crippen LogP contribution in [0, 0.1) is 0 Å². The first-order valence-electron chi connectivity index (χ1n) is 7.04. The van der Waals surface area contributed by atoms with Crippen molar-refractivity contribution in [1.82, 2.24) is 9.78 Å². The third kappa shape index (κ3) is 3.84. The minimum Gasteiger partial charge on any atom is -0.365 e. The van der Waals surface area contributed by atoms with Crippen molar-refractivity contribution >= 4 is 29.0 Å². The summed E-state index contributed by atoms with van der Waals surface area (Å²) in [6, 6.07) is 14.5. The first-order chi connectivity index (χ1) is 11.2. The Bertz CT molecular complexity index is 800. The van der Waals surface area contributed by atoms with Gasteiger partial charge in [-0.3, -0.25) is 0 Å². The zero-order chi connectivity index (χ0) is 16.2. The van der Waals surface area contributed by atoms with Gasteiger partial charge in [-0.2, -0.15) is 5.10 Å². The highest BCUT2D eigenvalue weighted by Gasteiger charge is 2.06. The molecule has 0 bridgehead atoms. The van der Waals surface area contributed by atoms with Gasteiger partial charge in [0.25, 0.3) is 0 Å². The van der Waals surface area contributed by atoms with Crippen molar-refractivity contribution < 1.29 is 4.39 Å². The fourth-order valence-electron chi connectivity index (χ4n) is 2.16. The van der Waals surface area contributed by atoms with Crippen LogP contribution < -0.4 is 5.32 Å². The molecule has 3 aromatic rings. The Balaban J connectivity index is 1.69. The summed E-state index contributed by atoms with van der Waals surface area (Å²) < 4.78 is 14.2. The molecular weight excluding hydrogens is 336 g/mol. The molecule has 0 spiro atoms. The predicted octanol–water partition coefficient (Wildman–Crippen LogP) is 5.26. The van der Waals surface area contributed by atoms with E-state index in [1.165, 1.54) is 0 Å². The summed E-state index contributed by atoms with van der Waals surface area (Å²) in [7, 11) is 0. The second-order valence-corrected chi connectivity index (χ2v) is 5.89. The smallest absolute Gasteiger partial charge is 0.148 e. The molecule has 118 valence electrons. The predicted molar refractivity (Wildman–Crippen MR) is 92.2 cm³/mol. The molecule has 0 atom stereocenters. The Morgan fingerprint density at radius 1 is 1.00 bits per heavy atom. The van der Waals surface area contributed by atoms with Crippen LogP contribution in [0.1, 0.15) is 11.1 Å². The van der Waals surface area contributed by atoms with Gasteiger partial charge in [0.15, 0.2) is 0 Å². The van der Waals surface area contributed by atoms with Crippen LogP contribution in [0.4, 0.5) is 10.2 Å². The van der Waals surface area contributed by atoms with E-state index in [9.17, 15) is 4.39 Å². The molecule has 6 heteroatoms. The molecule has 2 aromatic carbocycles. The van der Waals surface area contributed by atoms with Gasteiger partial charge >= 0.3 is 0 Å². The van der Waals surface area contributed by atoms with Crippen molar-refractivity contribution in [2.24, 2.45) is 0 Å². The summed E-state index contributed by atoms with van der Waals surface area (Å²) in [6.07, 6.45) is 1.82. The van der Waals surface area contributed by atoms with Crippen LogP contribution in [0.2, 0.25) is 10.0 Å². The molecule has 0 aliphatic heterocycles. The lowest BCUT2D eigenvalue weighted by Crippen LogP contribution is -2.02. The molecule has 3 nitrogen and oxygen atoms in total. The number of aromatic nitrogens is 2. The number of nitrogens with one attached hydrogen (secondary N) is 1. The zero-order valence-corrected chi connectivity index (χ0v) is 13.7. The van der Waals surface area contributed by atoms with E-state index in [2.05, 4.69) is 10.4 Å². The summed E-state index contributed by atoms with van der Waals surface area (Å²) in [6.45, 7) is 0.165. The van der Waals surface area contributed by atoms with Gasteiger partial charge in [0, 0.05) is 23.8 Å². The largest absolute Gasteiger partial charge is 0.365 e. The topological polar surface area (TPSA) is 29.9 Å². The standard InChI is InChI=1S/C17H14Cl2FN3/c18-14-5-6-16(15(19)9-14)23-8-7-17(22-23)21-11-13-3-1-12(10-20)2-4-13/h1-9H,10-11H2,(H,21,22). The van der Waals surface area contributed by atoms with Crippen molar-refractivity contribution in [2.45, 2.75) is 13.2 Å². The Hall–Kier alpha value is -2.04. The van der Waals surface area contributed by atoms with Gasteiger partial charge in [-0.1, -0.05) is 47.5 Å². The number of alkyl halides is 1. The quantitative estimate of drug-likeness (QED) is 0.680. The first kappa shape index (κ1) is 15.8. The molecule has 0 aliphatic carbocycles. The van der Waals surface area contributed by atoms with Crippen molar-refractivity contribution in [3.05, 3.63) is 75.9 Å². The molecule has 0 amide bonds. The lowest BCUT2D eigenvalue weighted by molar-refractivity contribution is 0.485. The Morgan fingerprint density at radius 3 is 2.43 bits per heavy atom. The van der Waals surface area contributed by atoms with Crippen molar-refractivity contribution in [3.8, 4) is 5.69 Å². The van der Waals surface area contributed by atoms with Crippen LogP contribution in [-0.4, -0.2) is 9.78 Å². The van der Waals surface area contributed by atoms with E-state index in [0.29, 0.717) is 22.2 Å². The maximum Gasteiger partial charge on any atom is 0.148 e. The highest BCUT2D eigenvalue weighted by Crippen LogP contribution is 2.24. The second kappa shape index (κ2) is 7.02. The molecule has 3 rings (SSSR count). The fourth-order valence-corrected chi connectivity index (χ4v) is 2.65. The van der Waals surface area contributed by atoms with Gasteiger partial charge in [0.05, 0.1) is 10.7 Å². The molecule has 23 heavy (non-hydrogen) atoms. The number of benzene rings is 2. The van der Waals surface area contributed by atoms with Crippen LogP contribution in [0.15, 0.2) is 54.7 Å². The Kier molecular flexibility index (Phi) is 4.84. The highest BCUT2D eigenvalue weighted by molar-refractivity contribution is 6.35. The van der Waals surface area contributed by atoms with E-state index in [1.54, 1.807) is 28.9 Å². The van der Waals surface area contributed by atoms with Gasteiger partial charge in [-0.15, -0.1) is 0 Å². The Morgan fingerprint density at radius 2 is 1.74 bits per heavy atom. The minimum absolute atomic E-state index is 0.444. The number of hydrogen-bond acceptors (Lipinski definition) is 2. The fraction of sp³-hybridized carbons (Fsp3) is 0.118. The molecule has 0 saturated carbocycles. The average Bonchev–Trinajstić information content (AvgIpc) is 3.02. The van der Waals surface area contributed by atoms with E-state index in [-0.39, 0.29) is 0 Å². The van der Waals surface area contributed by atoms with Gasteiger partial charge in [-0.25, -0.2) is 9.07 Å². The highest BCUT2D eigenvalue weighted by atomic mass is 35.5. The van der Waals surface area contributed by atoms with Gasteiger partial charge in [0.2, 0.25) is 0 Å². The first-order valence-corrected chi connectivity index (χ1v) is 7.80. The van der Waals surface area contributed by atoms with Crippen LogP contribution in [-0.2, 0) is 13.2 Å². The lowest BCUT2D eigenvalue weighted by atomic mass is 10.1. The van der Waals surface area contributed by atoms with Gasteiger partial charge < -0.3 is 5.32 Å². The van der Waals surface area contributed by atoms with Gasteiger partial charge in [0.1, 0.15) is 12.5 Å². The molecule has 1 heterocycles. The lowest BCUT2D eigenvalue weighted by Gasteiger charge is -2.06. The van der Waals surface area contributed by atoms with E-state index in [1.807, 2.05) is 30.5 Å². The van der Waals surface area contributed by atoms with Crippen LogP contribution in [0.25, 0.3) is 5.69 Å². The number of halogens is 3. The molecule has 0 unspecified atom stereocenters. The summed E-state index contributed by atoms with van der Waals surface area (Å²) in [5.74, 6) is 0.727. The monoisotopic (exact) mass is 349 g/mol. The van der Waals surface area contributed by atoms with E-state index >= 15 is 0 Å². The minimum atomic E-state index is -0.444. The Labute approximate surface area is 143 Å². The molecular formula is C17H14Cl2FN3. The molecule has 0 fully saturated rings. The third-order valence-electron chi connectivity index (χ3n) is 3.40. The molecule has 0 saturated heterocycles. The summed E-state index contributed by atoms with van der Waals surface area (Å²) in [4.78, 5) is 0.